The highest BCUT2D eigenvalue weighted by atomic mass is 79.9. The summed E-state index contributed by atoms with van der Waals surface area (Å²) in [4.78, 5) is 15.1. The number of aromatic nitrogens is 1. The van der Waals surface area contributed by atoms with Gasteiger partial charge < -0.3 is 9.84 Å². The molecule has 0 aliphatic carbocycles. The standard InChI is InChI=1S/C11H8BrNO3S/c12-8-3-7(4-13-5-8)6-16-9-1-2-17-10(9)11(14)15/h1-5H,6H2,(H,14,15). The number of thiophene rings is 1. The van der Waals surface area contributed by atoms with Crippen LogP contribution in [0.25, 0.3) is 0 Å². The van der Waals surface area contributed by atoms with E-state index in [1.165, 1.54) is 0 Å². The monoisotopic (exact) mass is 313 g/mol. The number of aromatic carboxylic acids is 1. The number of ether oxygens (including phenoxy) is 1. The van der Waals surface area contributed by atoms with Gasteiger partial charge in [-0.1, -0.05) is 0 Å². The van der Waals surface area contributed by atoms with Crippen molar-refractivity contribution in [3.8, 4) is 5.75 Å². The molecule has 0 aromatic carbocycles. The Labute approximate surface area is 110 Å². The van der Waals surface area contributed by atoms with Crippen molar-refractivity contribution in [1.82, 2.24) is 4.98 Å². The van der Waals surface area contributed by atoms with Crippen LogP contribution in [-0.4, -0.2) is 16.1 Å². The minimum atomic E-state index is -0.970. The van der Waals surface area contributed by atoms with Gasteiger partial charge in [0.15, 0.2) is 4.88 Å². The lowest BCUT2D eigenvalue weighted by molar-refractivity contribution is 0.0697. The maximum absolute atomic E-state index is 10.9. The molecule has 2 aromatic rings. The first kappa shape index (κ1) is 12.1. The zero-order chi connectivity index (χ0) is 12.3. The molecule has 0 aliphatic rings. The van der Waals surface area contributed by atoms with E-state index in [0.717, 1.165) is 21.4 Å². The third-order valence-corrected chi connectivity index (χ3v) is 3.30. The topological polar surface area (TPSA) is 59.4 Å². The highest BCUT2D eigenvalue weighted by molar-refractivity contribution is 9.10. The van der Waals surface area contributed by atoms with Gasteiger partial charge in [-0.2, -0.15) is 0 Å². The quantitative estimate of drug-likeness (QED) is 0.941. The van der Waals surface area contributed by atoms with Gasteiger partial charge in [-0.25, -0.2) is 4.79 Å². The molecular weight excluding hydrogens is 306 g/mol. The zero-order valence-corrected chi connectivity index (χ0v) is 11.0. The van der Waals surface area contributed by atoms with Crippen molar-refractivity contribution in [2.45, 2.75) is 6.61 Å². The van der Waals surface area contributed by atoms with Gasteiger partial charge in [-0.05, 0) is 33.4 Å². The van der Waals surface area contributed by atoms with E-state index in [1.54, 1.807) is 23.8 Å². The molecule has 2 rings (SSSR count). The van der Waals surface area contributed by atoms with Crippen molar-refractivity contribution >= 4 is 33.2 Å². The van der Waals surface area contributed by atoms with E-state index < -0.39 is 5.97 Å². The molecule has 0 bridgehead atoms. The highest BCUT2D eigenvalue weighted by Crippen LogP contribution is 2.25. The molecule has 2 heterocycles. The molecule has 0 radical (unpaired) electrons. The summed E-state index contributed by atoms with van der Waals surface area (Å²) >= 11 is 4.45. The minimum absolute atomic E-state index is 0.216. The molecule has 17 heavy (non-hydrogen) atoms. The van der Waals surface area contributed by atoms with E-state index in [4.69, 9.17) is 9.84 Å². The number of hydrogen-bond donors (Lipinski definition) is 1. The van der Waals surface area contributed by atoms with Crippen LogP contribution in [0, 0.1) is 0 Å². The maximum Gasteiger partial charge on any atom is 0.349 e. The Balaban J connectivity index is 2.07. The SMILES string of the molecule is O=C(O)c1sccc1OCc1cncc(Br)c1. The van der Waals surface area contributed by atoms with Crippen molar-refractivity contribution in [2.24, 2.45) is 0 Å². The van der Waals surface area contributed by atoms with Crippen LogP contribution in [0.5, 0.6) is 5.75 Å². The third-order valence-electron chi connectivity index (χ3n) is 1.98. The number of halogens is 1. The number of nitrogens with zero attached hydrogens (tertiary/aromatic N) is 1. The van der Waals surface area contributed by atoms with Crippen LogP contribution >= 0.6 is 27.3 Å². The Morgan fingerprint density at radius 3 is 3.06 bits per heavy atom. The van der Waals surface area contributed by atoms with E-state index in [1.807, 2.05) is 6.07 Å². The Morgan fingerprint density at radius 2 is 2.35 bits per heavy atom. The molecule has 0 aliphatic heterocycles. The molecule has 1 N–H and O–H groups in total. The van der Waals surface area contributed by atoms with Crippen LogP contribution in [0.3, 0.4) is 0 Å². The van der Waals surface area contributed by atoms with Gasteiger partial charge in [0.1, 0.15) is 12.4 Å². The molecule has 4 nitrogen and oxygen atoms in total. The second kappa shape index (κ2) is 5.29. The van der Waals surface area contributed by atoms with Crippen molar-refractivity contribution in [3.63, 3.8) is 0 Å². The van der Waals surface area contributed by atoms with Crippen LogP contribution < -0.4 is 4.74 Å². The van der Waals surface area contributed by atoms with E-state index in [-0.39, 0.29) is 4.88 Å². The van der Waals surface area contributed by atoms with Gasteiger partial charge >= 0.3 is 5.97 Å². The number of carboxylic acid groups (broad SMARTS) is 1. The molecule has 88 valence electrons. The predicted octanol–water partition coefficient (Wildman–Crippen LogP) is 3.18. The second-order valence-corrected chi connectivity index (χ2v) is 5.05. The third kappa shape index (κ3) is 3.04. The van der Waals surface area contributed by atoms with E-state index in [9.17, 15) is 4.79 Å². The van der Waals surface area contributed by atoms with Gasteiger partial charge in [-0.15, -0.1) is 11.3 Å². The molecule has 0 saturated carbocycles. The maximum atomic E-state index is 10.9. The average molecular weight is 314 g/mol. The van der Waals surface area contributed by atoms with Gasteiger partial charge in [-0.3, -0.25) is 4.98 Å². The normalized spacial score (nSPS) is 10.2. The van der Waals surface area contributed by atoms with Crippen LogP contribution in [0.1, 0.15) is 15.2 Å². The average Bonchev–Trinajstić information content (AvgIpc) is 2.74. The molecule has 0 unspecified atom stereocenters. The number of carbonyl (C=O) groups is 1. The lowest BCUT2D eigenvalue weighted by atomic mass is 10.3. The van der Waals surface area contributed by atoms with Crippen LogP contribution in [0.15, 0.2) is 34.4 Å². The molecule has 0 saturated heterocycles. The summed E-state index contributed by atoms with van der Waals surface area (Å²) in [6.07, 6.45) is 3.36. The number of carboxylic acids is 1. The van der Waals surface area contributed by atoms with Gasteiger partial charge in [0.05, 0.1) is 0 Å². The predicted molar refractivity (Wildman–Crippen MR) is 67.5 cm³/mol. The molecule has 0 fully saturated rings. The summed E-state index contributed by atoms with van der Waals surface area (Å²) in [5.74, 6) is -0.579. The molecule has 0 spiro atoms. The molecular formula is C11H8BrNO3S. The van der Waals surface area contributed by atoms with E-state index >= 15 is 0 Å². The van der Waals surface area contributed by atoms with E-state index in [0.29, 0.717) is 12.4 Å². The number of hydrogen-bond acceptors (Lipinski definition) is 4. The summed E-state index contributed by atoms with van der Waals surface area (Å²) in [5, 5.41) is 10.6. The smallest absolute Gasteiger partial charge is 0.349 e. The summed E-state index contributed by atoms with van der Waals surface area (Å²) in [6, 6.07) is 3.53. The zero-order valence-electron chi connectivity index (χ0n) is 8.59. The summed E-state index contributed by atoms with van der Waals surface area (Å²) in [7, 11) is 0. The molecule has 0 amide bonds. The van der Waals surface area contributed by atoms with Crippen LogP contribution in [0.2, 0.25) is 0 Å². The van der Waals surface area contributed by atoms with Gasteiger partial charge in [0.25, 0.3) is 0 Å². The fourth-order valence-corrected chi connectivity index (χ4v) is 2.35. The Bertz CT molecular complexity index is 541. The van der Waals surface area contributed by atoms with Crippen molar-refractivity contribution in [3.05, 3.63) is 44.8 Å². The summed E-state index contributed by atoms with van der Waals surface area (Å²) in [5.41, 5.74) is 0.877. The minimum Gasteiger partial charge on any atom is -0.487 e. The largest absolute Gasteiger partial charge is 0.487 e. The molecule has 2 aromatic heterocycles. The lowest BCUT2D eigenvalue weighted by Gasteiger charge is -2.05. The highest BCUT2D eigenvalue weighted by Gasteiger charge is 2.12. The first-order valence-corrected chi connectivity index (χ1v) is 6.37. The summed E-state index contributed by atoms with van der Waals surface area (Å²) in [6.45, 7) is 0.295. The molecule has 6 heteroatoms. The lowest BCUT2D eigenvalue weighted by Crippen LogP contribution is -2.00. The Morgan fingerprint density at radius 1 is 1.53 bits per heavy atom. The fraction of sp³-hybridized carbons (Fsp3) is 0.0909. The van der Waals surface area contributed by atoms with Crippen molar-refractivity contribution in [2.75, 3.05) is 0 Å². The van der Waals surface area contributed by atoms with Crippen molar-refractivity contribution in [1.29, 1.82) is 0 Å². The first-order chi connectivity index (χ1) is 8.16. The second-order valence-electron chi connectivity index (χ2n) is 3.22. The first-order valence-electron chi connectivity index (χ1n) is 4.70. The summed E-state index contributed by atoms with van der Waals surface area (Å²) < 4.78 is 6.31. The Hall–Kier alpha value is -1.40. The number of pyridine rings is 1. The molecule has 0 atom stereocenters. The number of rotatable bonds is 4. The van der Waals surface area contributed by atoms with E-state index in [2.05, 4.69) is 20.9 Å². The Kier molecular flexibility index (Phi) is 3.75. The van der Waals surface area contributed by atoms with Crippen LogP contribution in [-0.2, 0) is 6.61 Å². The fourth-order valence-electron chi connectivity index (χ4n) is 1.26. The van der Waals surface area contributed by atoms with Gasteiger partial charge in [0.2, 0.25) is 0 Å². The van der Waals surface area contributed by atoms with Gasteiger partial charge in [0, 0.05) is 22.4 Å². The van der Waals surface area contributed by atoms with Crippen molar-refractivity contribution < 1.29 is 14.6 Å². The van der Waals surface area contributed by atoms with Crippen LogP contribution in [0.4, 0.5) is 0 Å².